The van der Waals surface area contributed by atoms with Gasteiger partial charge in [0.1, 0.15) is 0 Å². The van der Waals surface area contributed by atoms with Gasteiger partial charge in [-0.25, -0.2) is 0 Å². The second kappa shape index (κ2) is 4.90. The van der Waals surface area contributed by atoms with Crippen molar-refractivity contribution in [3.63, 3.8) is 0 Å². The number of hydrogen-bond acceptors (Lipinski definition) is 0. The van der Waals surface area contributed by atoms with Crippen LogP contribution in [0.5, 0.6) is 0 Å². The van der Waals surface area contributed by atoms with Crippen LogP contribution in [0.15, 0.2) is 11.6 Å². The zero-order valence-corrected chi connectivity index (χ0v) is 14.7. The molecular formula is C22H32. The maximum absolute atomic E-state index is 5.88. The molecule has 0 spiro atoms. The first-order chi connectivity index (χ1) is 10.5. The van der Waals surface area contributed by atoms with Crippen LogP contribution in [0.25, 0.3) is 0 Å². The Kier molecular flexibility index (Phi) is 3.31. The monoisotopic (exact) mass is 296 g/mol. The highest BCUT2D eigenvalue weighted by Crippen LogP contribution is 2.66. The second-order valence-electron chi connectivity index (χ2n) is 9.38. The molecule has 0 nitrogen and oxygen atoms in total. The van der Waals surface area contributed by atoms with E-state index in [2.05, 4.69) is 32.8 Å². The van der Waals surface area contributed by atoms with E-state index in [9.17, 15) is 0 Å². The van der Waals surface area contributed by atoms with Crippen molar-refractivity contribution in [1.29, 1.82) is 0 Å². The summed E-state index contributed by atoms with van der Waals surface area (Å²) in [5.74, 6) is 7.32. The van der Waals surface area contributed by atoms with E-state index < -0.39 is 0 Å². The Morgan fingerprint density at radius 3 is 2.64 bits per heavy atom. The summed E-state index contributed by atoms with van der Waals surface area (Å²) in [6.45, 7) is 7.55. The molecule has 7 atom stereocenters. The Hall–Kier alpha value is -0.700. The Bertz CT molecular complexity index is 535. The summed E-state index contributed by atoms with van der Waals surface area (Å²) in [6.07, 6.45) is 19.7. The number of rotatable bonds is 0. The topological polar surface area (TPSA) is 0 Å². The van der Waals surface area contributed by atoms with Gasteiger partial charge >= 0.3 is 0 Å². The minimum Gasteiger partial charge on any atom is -0.120 e. The molecule has 3 fully saturated rings. The normalized spacial score (nSPS) is 53.7. The summed E-state index contributed by atoms with van der Waals surface area (Å²) in [7, 11) is 0. The zero-order chi connectivity index (χ0) is 15.5. The number of allylic oxidation sites excluding steroid dienone is 2. The summed E-state index contributed by atoms with van der Waals surface area (Å²) in [5.41, 5.74) is 2.79. The standard InChI is InChI=1S/C22H32/c1-5-16-7-9-19-18-8-6-17-14-15(2)10-12-22(17,4)20(18)11-13-21(16,19)3/h1,14-16,18-20H,6-13H2,2-4H3/t15-,16-,18?,19?,20?,21?,22?/m0/s1. The molecular weight excluding hydrogens is 264 g/mol. The van der Waals surface area contributed by atoms with Crippen LogP contribution in [-0.2, 0) is 0 Å². The maximum Gasteiger partial charge on any atom is 0.0256 e. The van der Waals surface area contributed by atoms with E-state index in [1.165, 1.54) is 51.4 Å². The molecule has 3 saturated carbocycles. The summed E-state index contributed by atoms with van der Waals surface area (Å²) < 4.78 is 0. The molecule has 0 aromatic heterocycles. The SMILES string of the molecule is C#C[C@H]1CCC2C3CCC4=C[C@@H](C)CCC4(C)C3CCC21C. The first-order valence-corrected chi connectivity index (χ1v) is 9.66. The van der Waals surface area contributed by atoms with Crippen molar-refractivity contribution in [3.05, 3.63) is 11.6 Å². The molecule has 0 heterocycles. The molecule has 0 aromatic carbocycles. The average Bonchev–Trinajstić information content (AvgIpc) is 2.84. The number of terminal acetylenes is 1. The molecule has 4 aliphatic rings. The van der Waals surface area contributed by atoms with Crippen molar-refractivity contribution in [2.45, 2.75) is 72.1 Å². The van der Waals surface area contributed by atoms with Crippen LogP contribution in [0.1, 0.15) is 72.1 Å². The Balaban J connectivity index is 1.67. The largest absolute Gasteiger partial charge is 0.120 e. The third-order valence-corrected chi connectivity index (χ3v) is 8.54. The molecule has 120 valence electrons. The third kappa shape index (κ3) is 1.84. The quantitative estimate of drug-likeness (QED) is 0.389. The molecule has 0 N–H and O–H groups in total. The van der Waals surface area contributed by atoms with E-state index in [-0.39, 0.29) is 0 Å². The highest BCUT2D eigenvalue weighted by molar-refractivity contribution is 5.25. The molecule has 0 aliphatic heterocycles. The molecule has 0 heteroatoms. The lowest BCUT2D eigenvalue weighted by Gasteiger charge is -2.58. The predicted octanol–water partition coefficient (Wildman–Crippen LogP) is 5.83. The van der Waals surface area contributed by atoms with Crippen molar-refractivity contribution in [2.24, 2.45) is 40.4 Å². The van der Waals surface area contributed by atoms with Crippen molar-refractivity contribution in [3.8, 4) is 12.3 Å². The van der Waals surface area contributed by atoms with E-state index in [0.717, 1.165) is 23.7 Å². The Labute approximate surface area is 137 Å². The molecule has 0 aromatic rings. The lowest BCUT2D eigenvalue weighted by molar-refractivity contribution is -0.0455. The summed E-state index contributed by atoms with van der Waals surface area (Å²) >= 11 is 0. The fourth-order valence-electron chi connectivity index (χ4n) is 7.17. The molecule has 4 rings (SSSR count). The van der Waals surface area contributed by atoms with Crippen molar-refractivity contribution >= 4 is 0 Å². The van der Waals surface area contributed by atoms with Gasteiger partial charge in [0.05, 0.1) is 0 Å². The maximum atomic E-state index is 5.88. The number of hydrogen-bond donors (Lipinski definition) is 0. The van der Waals surface area contributed by atoms with Gasteiger partial charge in [-0.05, 0) is 85.9 Å². The van der Waals surface area contributed by atoms with Crippen LogP contribution in [0.4, 0.5) is 0 Å². The van der Waals surface area contributed by atoms with Crippen molar-refractivity contribution in [1.82, 2.24) is 0 Å². The van der Waals surface area contributed by atoms with Gasteiger partial charge in [-0.15, -0.1) is 12.3 Å². The lowest BCUT2D eigenvalue weighted by Crippen LogP contribution is -2.50. The molecule has 5 unspecified atom stereocenters. The Morgan fingerprint density at radius 2 is 1.86 bits per heavy atom. The molecule has 22 heavy (non-hydrogen) atoms. The van der Waals surface area contributed by atoms with Gasteiger partial charge in [-0.3, -0.25) is 0 Å². The van der Waals surface area contributed by atoms with Crippen LogP contribution in [0.2, 0.25) is 0 Å². The van der Waals surface area contributed by atoms with Gasteiger partial charge in [0, 0.05) is 5.92 Å². The third-order valence-electron chi connectivity index (χ3n) is 8.54. The summed E-state index contributed by atoms with van der Waals surface area (Å²) in [5, 5.41) is 0. The summed E-state index contributed by atoms with van der Waals surface area (Å²) in [6, 6.07) is 0. The van der Waals surface area contributed by atoms with E-state index in [1.54, 1.807) is 0 Å². The van der Waals surface area contributed by atoms with Gasteiger partial charge in [0.2, 0.25) is 0 Å². The van der Waals surface area contributed by atoms with Crippen molar-refractivity contribution in [2.75, 3.05) is 0 Å². The van der Waals surface area contributed by atoms with Gasteiger partial charge < -0.3 is 0 Å². The molecule has 4 aliphatic carbocycles. The minimum absolute atomic E-state index is 0.454. The van der Waals surface area contributed by atoms with Crippen LogP contribution in [0.3, 0.4) is 0 Å². The fourth-order valence-corrected chi connectivity index (χ4v) is 7.17. The van der Waals surface area contributed by atoms with Gasteiger partial charge in [-0.2, -0.15) is 0 Å². The van der Waals surface area contributed by atoms with Crippen molar-refractivity contribution < 1.29 is 0 Å². The van der Waals surface area contributed by atoms with Crippen LogP contribution in [-0.4, -0.2) is 0 Å². The average molecular weight is 296 g/mol. The van der Waals surface area contributed by atoms with Crippen LogP contribution in [0, 0.1) is 52.8 Å². The minimum atomic E-state index is 0.454. The van der Waals surface area contributed by atoms with E-state index in [4.69, 9.17) is 6.42 Å². The van der Waals surface area contributed by atoms with Crippen LogP contribution >= 0.6 is 0 Å². The summed E-state index contributed by atoms with van der Waals surface area (Å²) in [4.78, 5) is 0. The predicted molar refractivity (Wildman–Crippen MR) is 93.2 cm³/mol. The smallest absolute Gasteiger partial charge is 0.0256 e. The number of fused-ring (bicyclic) bond motifs is 5. The highest BCUT2D eigenvalue weighted by Gasteiger charge is 2.58. The van der Waals surface area contributed by atoms with E-state index >= 15 is 0 Å². The van der Waals surface area contributed by atoms with E-state index in [0.29, 0.717) is 16.7 Å². The van der Waals surface area contributed by atoms with Crippen LogP contribution < -0.4 is 0 Å². The molecule has 0 saturated heterocycles. The van der Waals surface area contributed by atoms with E-state index in [1.807, 2.05) is 5.57 Å². The molecule has 0 bridgehead atoms. The molecule has 0 radical (unpaired) electrons. The van der Waals surface area contributed by atoms with Gasteiger partial charge in [0.15, 0.2) is 0 Å². The first kappa shape index (κ1) is 14.9. The fraction of sp³-hybridized carbons (Fsp3) is 0.818. The zero-order valence-electron chi connectivity index (χ0n) is 14.7. The molecule has 0 amide bonds. The van der Waals surface area contributed by atoms with Gasteiger partial charge in [0.25, 0.3) is 0 Å². The lowest BCUT2D eigenvalue weighted by atomic mass is 9.46. The second-order valence-corrected chi connectivity index (χ2v) is 9.38. The van der Waals surface area contributed by atoms with Gasteiger partial charge in [-0.1, -0.05) is 32.4 Å². The Morgan fingerprint density at radius 1 is 1.05 bits per heavy atom. The first-order valence-electron chi connectivity index (χ1n) is 9.66. The highest BCUT2D eigenvalue weighted by atomic mass is 14.6.